The fourth-order valence-corrected chi connectivity index (χ4v) is 4.53. The van der Waals surface area contributed by atoms with Gasteiger partial charge in [0, 0.05) is 39.1 Å². The molecule has 2 fully saturated rings. The molecular formula is C21H24ClF2N3O6. The highest BCUT2D eigenvalue weighted by Crippen LogP contribution is 2.44. The number of hydrogen-bond acceptors (Lipinski definition) is 7. The number of anilines is 1. The molecule has 1 aromatic heterocycles. The van der Waals surface area contributed by atoms with Crippen molar-refractivity contribution in [2.24, 2.45) is 0 Å². The van der Waals surface area contributed by atoms with Crippen molar-refractivity contribution in [3.63, 3.8) is 0 Å². The van der Waals surface area contributed by atoms with Gasteiger partial charge < -0.3 is 29.2 Å². The molecule has 1 aliphatic carbocycles. The molecule has 0 bridgehead atoms. The summed E-state index contributed by atoms with van der Waals surface area (Å²) in [5.41, 5.74) is -0.558. The van der Waals surface area contributed by atoms with Crippen LogP contribution in [0, 0.1) is 5.82 Å². The highest BCUT2D eigenvalue weighted by molar-refractivity contribution is 6.38. The first-order valence-corrected chi connectivity index (χ1v) is 11.0. The summed E-state index contributed by atoms with van der Waals surface area (Å²) < 4.78 is 40.3. The van der Waals surface area contributed by atoms with Crippen LogP contribution in [-0.4, -0.2) is 84.6 Å². The number of carbonyl (C=O) groups is 1. The Kier molecular flexibility index (Phi) is 7.03. The average Bonchev–Trinajstić information content (AvgIpc) is 3.50. The number of halogens is 3. The van der Waals surface area contributed by atoms with Gasteiger partial charge in [-0.05, 0) is 6.07 Å². The highest BCUT2D eigenvalue weighted by atomic mass is 35.5. The number of ether oxygens (including phenoxy) is 2. The molecule has 1 aromatic carbocycles. The van der Waals surface area contributed by atoms with Gasteiger partial charge in [0.15, 0.2) is 5.75 Å². The van der Waals surface area contributed by atoms with Gasteiger partial charge in [0.1, 0.15) is 12.0 Å². The Balaban J connectivity index is 1.66. The predicted octanol–water partition coefficient (Wildman–Crippen LogP) is 2.26. The third kappa shape index (κ3) is 4.91. The molecule has 9 nitrogen and oxygen atoms in total. The molecule has 0 radical (unpaired) electrons. The summed E-state index contributed by atoms with van der Waals surface area (Å²) in [4.78, 5) is 27.6. The van der Waals surface area contributed by atoms with E-state index < -0.39 is 35.4 Å². The van der Waals surface area contributed by atoms with Crippen LogP contribution < -0.4 is 15.1 Å². The number of fused-ring (bicyclic) bond motifs is 1. The maximum Gasteiger partial charge on any atom is 0.511 e. The molecule has 1 saturated heterocycles. The summed E-state index contributed by atoms with van der Waals surface area (Å²) >= 11 is 6.61. The number of nitrogens with zero attached hydrogens (tertiary/aromatic N) is 3. The van der Waals surface area contributed by atoms with E-state index in [0.717, 1.165) is 12.3 Å². The maximum atomic E-state index is 15.2. The summed E-state index contributed by atoms with van der Waals surface area (Å²) in [6, 6.07) is 0.366. The van der Waals surface area contributed by atoms with Gasteiger partial charge >= 0.3 is 6.16 Å². The number of pyridine rings is 1. The zero-order valence-electron chi connectivity index (χ0n) is 17.7. The zero-order valence-corrected chi connectivity index (χ0v) is 18.4. The third-order valence-electron chi connectivity index (χ3n) is 5.86. The molecule has 0 spiro atoms. The Hall–Kier alpha value is -2.47. The first-order valence-electron chi connectivity index (χ1n) is 10.6. The zero-order chi connectivity index (χ0) is 23.7. The first kappa shape index (κ1) is 23.7. The monoisotopic (exact) mass is 487 g/mol. The van der Waals surface area contributed by atoms with E-state index in [1.54, 1.807) is 4.90 Å². The number of benzene rings is 1. The Morgan fingerprint density at radius 2 is 1.94 bits per heavy atom. The molecule has 2 atom stereocenters. The number of aliphatic hydroxyl groups is 1. The second kappa shape index (κ2) is 9.80. The van der Waals surface area contributed by atoms with E-state index in [1.807, 2.05) is 0 Å². The Morgan fingerprint density at radius 1 is 1.24 bits per heavy atom. The van der Waals surface area contributed by atoms with Gasteiger partial charge in [-0.2, -0.15) is 0 Å². The molecule has 0 amide bonds. The van der Waals surface area contributed by atoms with Crippen molar-refractivity contribution in [2.45, 2.75) is 18.6 Å². The van der Waals surface area contributed by atoms with Crippen LogP contribution in [0.2, 0.25) is 5.02 Å². The van der Waals surface area contributed by atoms with E-state index in [0.29, 0.717) is 39.3 Å². The predicted molar refractivity (Wildman–Crippen MR) is 117 cm³/mol. The van der Waals surface area contributed by atoms with Gasteiger partial charge in [0.05, 0.1) is 53.7 Å². The summed E-state index contributed by atoms with van der Waals surface area (Å²) in [6.07, 6.45) is -1.59. The minimum absolute atomic E-state index is 0.0252. The lowest BCUT2D eigenvalue weighted by Crippen LogP contribution is -2.47. The molecule has 180 valence electrons. The van der Waals surface area contributed by atoms with E-state index in [4.69, 9.17) is 26.6 Å². The molecule has 2 aliphatic rings. The summed E-state index contributed by atoms with van der Waals surface area (Å²) in [6.45, 7) is 3.60. The Bertz CT molecular complexity index is 1110. The van der Waals surface area contributed by atoms with Crippen LogP contribution in [0.1, 0.15) is 12.5 Å². The van der Waals surface area contributed by atoms with Crippen LogP contribution in [0.15, 0.2) is 17.1 Å². The van der Waals surface area contributed by atoms with E-state index in [2.05, 4.69) is 9.64 Å². The van der Waals surface area contributed by atoms with Crippen LogP contribution in [-0.2, 0) is 4.74 Å². The van der Waals surface area contributed by atoms with Crippen molar-refractivity contribution in [1.82, 2.24) is 9.47 Å². The molecule has 0 unspecified atom stereocenters. The Labute approximate surface area is 192 Å². The van der Waals surface area contributed by atoms with Crippen molar-refractivity contribution >= 4 is 34.3 Å². The van der Waals surface area contributed by atoms with Crippen LogP contribution in [0.3, 0.4) is 0 Å². The largest absolute Gasteiger partial charge is 0.511 e. The topological polar surface area (TPSA) is 104 Å². The normalized spacial score (nSPS) is 20.9. The second-order valence-electron chi connectivity index (χ2n) is 8.00. The number of carboxylic acid groups (broad SMARTS) is 1. The third-order valence-corrected chi connectivity index (χ3v) is 6.22. The van der Waals surface area contributed by atoms with Gasteiger partial charge in [0.25, 0.3) is 0 Å². The molecule has 12 heteroatoms. The number of hydrogen-bond donors (Lipinski definition) is 2. The minimum atomic E-state index is -1.70. The molecule has 1 saturated carbocycles. The van der Waals surface area contributed by atoms with Crippen LogP contribution in [0.4, 0.5) is 19.3 Å². The van der Waals surface area contributed by atoms with E-state index in [-0.39, 0.29) is 41.2 Å². The fourth-order valence-electron chi connectivity index (χ4n) is 4.12. The number of piperazine rings is 1. The van der Waals surface area contributed by atoms with Crippen molar-refractivity contribution in [1.29, 1.82) is 0 Å². The van der Waals surface area contributed by atoms with Crippen molar-refractivity contribution in [3.8, 4) is 5.75 Å². The Morgan fingerprint density at radius 3 is 2.55 bits per heavy atom. The lowest BCUT2D eigenvalue weighted by molar-refractivity contribution is 0.0724. The molecule has 2 N–H and O–H groups in total. The highest BCUT2D eigenvalue weighted by Gasteiger charge is 2.41. The maximum absolute atomic E-state index is 15.2. The molecule has 2 heterocycles. The second-order valence-corrected chi connectivity index (χ2v) is 8.38. The van der Waals surface area contributed by atoms with E-state index in [9.17, 15) is 14.0 Å². The minimum Gasteiger partial charge on any atom is -0.449 e. The number of alkyl halides is 1. The van der Waals surface area contributed by atoms with Crippen LogP contribution in [0.5, 0.6) is 5.75 Å². The number of aromatic nitrogens is 1. The van der Waals surface area contributed by atoms with Crippen LogP contribution >= 0.6 is 11.6 Å². The van der Waals surface area contributed by atoms with Crippen LogP contribution in [0.25, 0.3) is 10.9 Å². The average molecular weight is 488 g/mol. The van der Waals surface area contributed by atoms with Gasteiger partial charge in [-0.1, -0.05) is 11.6 Å². The van der Waals surface area contributed by atoms with Crippen molar-refractivity contribution in [3.05, 3.63) is 33.3 Å². The summed E-state index contributed by atoms with van der Waals surface area (Å²) in [5.74, 6) is -1.26. The van der Waals surface area contributed by atoms with Gasteiger partial charge in [-0.15, -0.1) is 0 Å². The number of aliphatic hydroxyl groups excluding tert-OH is 1. The van der Waals surface area contributed by atoms with E-state index in [1.165, 1.54) is 4.57 Å². The smallest absolute Gasteiger partial charge is 0.449 e. The fraction of sp³-hybridized carbons (Fsp3) is 0.524. The quantitative estimate of drug-likeness (QED) is 0.431. The standard InChI is InChI=1S/C21H24ClF2N3O6/c22-17-18-12(20(29)16(33-21(30)31)11-27(18)15-10-13(15)23)9-14(24)19(17)26-3-1-25(2-4-26)5-7-32-8-6-28/h9,11,13,15,28H,1-8,10H2,(H,30,31)/t13-,15+/m0/s1. The van der Waals surface area contributed by atoms with Gasteiger partial charge in [0.2, 0.25) is 5.43 Å². The molecule has 2 aromatic rings. The molecular weight excluding hydrogens is 464 g/mol. The lowest BCUT2D eigenvalue weighted by Gasteiger charge is -2.36. The lowest BCUT2D eigenvalue weighted by atomic mass is 10.1. The number of rotatable bonds is 8. The summed E-state index contributed by atoms with van der Waals surface area (Å²) in [7, 11) is 0. The van der Waals surface area contributed by atoms with Crippen molar-refractivity contribution in [2.75, 3.05) is 57.4 Å². The molecule has 33 heavy (non-hydrogen) atoms. The molecule has 1 aliphatic heterocycles. The first-order chi connectivity index (χ1) is 15.8. The summed E-state index contributed by atoms with van der Waals surface area (Å²) in [5, 5.41) is 17.5. The van der Waals surface area contributed by atoms with Gasteiger partial charge in [-0.25, -0.2) is 13.6 Å². The SMILES string of the molecule is O=C(O)Oc1cn([C@@H]2C[C@@H]2F)c2c(Cl)c(N3CCN(CCOCCO)CC3)c(F)cc2c1=O. The van der Waals surface area contributed by atoms with E-state index >= 15 is 4.39 Å². The van der Waals surface area contributed by atoms with Crippen molar-refractivity contribution < 1.29 is 33.3 Å². The van der Waals surface area contributed by atoms with Gasteiger partial charge in [-0.3, -0.25) is 9.69 Å². The molecule has 4 rings (SSSR count).